The molecule has 1 N–H and O–H groups in total. The van der Waals surface area contributed by atoms with Crippen molar-refractivity contribution < 1.29 is 81.1 Å². The fourth-order valence-corrected chi connectivity index (χ4v) is 1.51. The molecule has 0 amide bonds. The molecule has 0 bridgehead atoms. The molecular formula is C13H13F13O5. The number of ether oxygens (including phenoxy) is 4. The van der Waals surface area contributed by atoms with Crippen molar-refractivity contribution in [1.82, 2.24) is 0 Å². The smallest absolute Gasteiger partial charge is 0.384 e. The van der Waals surface area contributed by atoms with Crippen LogP contribution in [0.4, 0.5) is 57.1 Å². The van der Waals surface area contributed by atoms with E-state index in [1.807, 2.05) is 4.74 Å². The summed E-state index contributed by atoms with van der Waals surface area (Å²) in [7, 11) is 0. The van der Waals surface area contributed by atoms with Gasteiger partial charge in [0.15, 0.2) is 5.67 Å². The Balaban J connectivity index is 3.02. The van der Waals surface area contributed by atoms with E-state index in [-0.39, 0.29) is 20.5 Å². The van der Waals surface area contributed by atoms with Gasteiger partial charge in [-0.3, -0.25) is 0 Å². The molecule has 2 unspecified atom stereocenters. The Morgan fingerprint density at radius 2 is 1.03 bits per heavy atom. The molecular weight excluding hydrogens is 483 g/mol. The van der Waals surface area contributed by atoms with E-state index in [1.165, 1.54) is 0 Å². The van der Waals surface area contributed by atoms with Crippen molar-refractivity contribution >= 4 is 0 Å². The van der Waals surface area contributed by atoms with Crippen molar-refractivity contribution in [3.8, 4) is 0 Å². The molecule has 18 heteroatoms. The van der Waals surface area contributed by atoms with Gasteiger partial charge in [-0.2, -0.15) is 52.7 Å². The van der Waals surface area contributed by atoms with Gasteiger partial charge in [0.05, 0.1) is 12.7 Å². The van der Waals surface area contributed by atoms with E-state index in [4.69, 9.17) is 5.11 Å². The SMILES string of the molecule is CC(C)(F)C(F)(F)OC(F)(F)C(F)(F)OC(F)(F)C(F)(F)OC(F)(F)C(O)CC1CO1. The average molecular weight is 496 g/mol. The number of aliphatic hydroxyl groups is 1. The predicted molar refractivity (Wildman–Crippen MR) is 68.5 cm³/mol. The lowest BCUT2D eigenvalue weighted by atomic mass is 10.1. The molecule has 0 spiro atoms. The van der Waals surface area contributed by atoms with Crippen molar-refractivity contribution in [3.63, 3.8) is 0 Å². The number of hydrogen-bond donors (Lipinski definition) is 1. The van der Waals surface area contributed by atoms with E-state index in [0.717, 1.165) is 0 Å². The van der Waals surface area contributed by atoms with Gasteiger partial charge in [-0.25, -0.2) is 18.6 Å². The maximum Gasteiger partial charge on any atom is 0.453 e. The first kappa shape index (κ1) is 27.9. The average Bonchev–Trinajstić information content (AvgIpc) is 3.26. The van der Waals surface area contributed by atoms with Crippen LogP contribution in [0.3, 0.4) is 0 Å². The quantitative estimate of drug-likeness (QED) is 0.319. The summed E-state index contributed by atoms with van der Waals surface area (Å²) in [6, 6.07) is 0. The Bertz CT molecular complexity index is 630. The lowest BCUT2D eigenvalue weighted by Gasteiger charge is -2.36. The largest absolute Gasteiger partial charge is 0.453 e. The summed E-state index contributed by atoms with van der Waals surface area (Å²) in [5.41, 5.74) is -4.11. The summed E-state index contributed by atoms with van der Waals surface area (Å²) >= 11 is 0. The summed E-state index contributed by atoms with van der Waals surface area (Å²) in [4.78, 5) is 0. The van der Waals surface area contributed by atoms with Crippen LogP contribution < -0.4 is 0 Å². The number of hydrogen-bond acceptors (Lipinski definition) is 5. The van der Waals surface area contributed by atoms with Gasteiger partial charge in [0.25, 0.3) is 0 Å². The van der Waals surface area contributed by atoms with Gasteiger partial charge in [-0.1, -0.05) is 0 Å². The number of alkyl halides is 13. The summed E-state index contributed by atoms with van der Waals surface area (Å²) in [6.45, 7) is -0.526. The normalized spacial score (nSPS) is 20.7. The molecule has 1 rings (SSSR count). The van der Waals surface area contributed by atoms with E-state index >= 15 is 0 Å². The zero-order valence-electron chi connectivity index (χ0n) is 15.1. The predicted octanol–water partition coefficient (Wildman–Crippen LogP) is 4.49. The molecule has 2 atom stereocenters. The topological polar surface area (TPSA) is 60.5 Å². The molecule has 1 aliphatic rings. The summed E-state index contributed by atoms with van der Waals surface area (Å²) in [5.74, 6) is 0. The van der Waals surface area contributed by atoms with Crippen molar-refractivity contribution in [3.05, 3.63) is 0 Å². The standard InChI is InChI=1S/C13H13F13O5/c1-7(2,14)9(17,18)30-12(23,24)13(25,26)31-11(21,22)10(19,20)29-8(15,16)6(27)3-5-4-28-5/h5-6,27H,3-4H2,1-2H3. The molecule has 0 aromatic carbocycles. The summed E-state index contributed by atoms with van der Waals surface area (Å²) in [5, 5.41) is 9.00. The minimum atomic E-state index is -7.06. The van der Waals surface area contributed by atoms with Crippen molar-refractivity contribution in [2.75, 3.05) is 6.61 Å². The van der Waals surface area contributed by atoms with Crippen LogP contribution in [0, 0.1) is 0 Å². The first-order chi connectivity index (χ1) is 13.4. The highest BCUT2D eigenvalue weighted by atomic mass is 19.4. The van der Waals surface area contributed by atoms with Crippen LogP contribution in [0.25, 0.3) is 0 Å². The Labute approximate surface area is 164 Å². The number of aliphatic hydroxyl groups excluding tert-OH is 1. The van der Waals surface area contributed by atoms with Gasteiger partial charge in [0, 0.05) is 6.42 Å². The van der Waals surface area contributed by atoms with Crippen LogP contribution in [-0.4, -0.2) is 66.2 Å². The van der Waals surface area contributed by atoms with Crippen LogP contribution in [0.1, 0.15) is 20.3 Å². The van der Waals surface area contributed by atoms with Crippen molar-refractivity contribution in [2.24, 2.45) is 0 Å². The molecule has 5 nitrogen and oxygen atoms in total. The second kappa shape index (κ2) is 8.03. The molecule has 1 fully saturated rings. The van der Waals surface area contributed by atoms with Crippen LogP contribution in [-0.2, 0) is 18.9 Å². The van der Waals surface area contributed by atoms with Crippen LogP contribution in [0.15, 0.2) is 0 Å². The number of epoxide rings is 1. The highest BCUT2D eigenvalue weighted by Crippen LogP contribution is 2.50. The number of halogens is 13. The van der Waals surface area contributed by atoms with Crippen LogP contribution >= 0.6 is 0 Å². The van der Waals surface area contributed by atoms with E-state index < -0.39 is 60.9 Å². The van der Waals surface area contributed by atoms with Gasteiger partial charge >= 0.3 is 36.7 Å². The third-order valence-corrected chi connectivity index (χ3v) is 3.42. The molecule has 0 radical (unpaired) electrons. The molecule has 1 aliphatic heterocycles. The van der Waals surface area contributed by atoms with Crippen molar-refractivity contribution in [2.45, 2.75) is 74.8 Å². The Morgan fingerprint density at radius 3 is 1.35 bits per heavy atom. The third-order valence-electron chi connectivity index (χ3n) is 3.42. The molecule has 1 heterocycles. The molecule has 0 saturated carbocycles. The number of rotatable bonds is 12. The third kappa shape index (κ3) is 6.45. The molecule has 0 aromatic rings. The van der Waals surface area contributed by atoms with E-state index in [0.29, 0.717) is 0 Å². The highest BCUT2D eigenvalue weighted by molar-refractivity contribution is 4.84. The Kier molecular flexibility index (Phi) is 7.24. The minimum absolute atomic E-state index is 0.154. The molecule has 1 saturated heterocycles. The maximum atomic E-state index is 13.4. The monoisotopic (exact) mass is 496 g/mol. The minimum Gasteiger partial charge on any atom is -0.384 e. The van der Waals surface area contributed by atoms with Gasteiger partial charge in [0.2, 0.25) is 0 Å². The van der Waals surface area contributed by atoms with Gasteiger partial charge in [-0.05, 0) is 13.8 Å². The molecule has 186 valence electrons. The van der Waals surface area contributed by atoms with Gasteiger partial charge in [0.1, 0.15) is 6.10 Å². The Hall–Kier alpha value is -1.11. The lowest BCUT2D eigenvalue weighted by molar-refractivity contribution is -0.562. The zero-order chi connectivity index (χ0) is 24.9. The van der Waals surface area contributed by atoms with Crippen LogP contribution in [0.2, 0.25) is 0 Å². The Morgan fingerprint density at radius 1 is 0.710 bits per heavy atom. The van der Waals surface area contributed by atoms with Crippen molar-refractivity contribution in [1.29, 1.82) is 0 Å². The molecule has 31 heavy (non-hydrogen) atoms. The van der Waals surface area contributed by atoms with E-state index in [1.54, 1.807) is 0 Å². The zero-order valence-corrected chi connectivity index (χ0v) is 15.1. The second-order valence-electron chi connectivity index (χ2n) is 6.63. The second-order valence-corrected chi connectivity index (χ2v) is 6.63. The fraction of sp³-hybridized carbons (Fsp3) is 1.00. The first-order valence-corrected chi connectivity index (χ1v) is 7.73. The first-order valence-electron chi connectivity index (χ1n) is 7.73. The fourth-order valence-electron chi connectivity index (χ4n) is 1.51. The maximum absolute atomic E-state index is 13.4. The van der Waals surface area contributed by atoms with Gasteiger partial charge in [-0.15, -0.1) is 0 Å². The highest BCUT2D eigenvalue weighted by Gasteiger charge is 2.75. The summed E-state index contributed by atoms with van der Waals surface area (Å²) < 4.78 is 183. The van der Waals surface area contributed by atoms with Gasteiger partial charge < -0.3 is 9.84 Å². The molecule has 0 aromatic heterocycles. The van der Waals surface area contributed by atoms with E-state index in [9.17, 15) is 57.1 Å². The lowest BCUT2D eigenvalue weighted by Crippen LogP contribution is -2.59. The van der Waals surface area contributed by atoms with E-state index in [2.05, 4.69) is 14.2 Å². The molecule has 0 aliphatic carbocycles. The summed E-state index contributed by atoms with van der Waals surface area (Å²) in [6.07, 6.45) is -44.6. The van der Waals surface area contributed by atoms with Crippen LogP contribution in [0.5, 0.6) is 0 Å².